The minimum Gasteiger partial charge on any atom is -0.497 e. The predicted octanol–water partition coefficient (Wildman–Crippen LogP) is 2.42. The van der Waals surface area contributed by atoms with Crippen molar-refractivity contribution in [2.45, 2.75) is 26.0 Å². The van der Waals surface area contributed by atoms with Crippen LogP contribution < -0.4 is 23.8 Å². The summed E-state index contributed by atoms with van der Waals surface area (Å²) in [5.41, 5.74) is 2.06. The van der Waals surface area contributed by atoms with Gasteiger partial charge in [-0.3, -0.25) is 9.10 Å². The van der Waals surface area contributed by atoms with Gasteiger partial charge in [-0.25, -0.2) is 8.42 Å². The van der Waals surface area contributed by atoms with Crippen LogP contribution >= 0.6 is 0 Å². The monoisotopic (exact) mass is 434 g/mol. The fourth-order valence-corrected chi connectivity index (χ4v) is 4.28. The van der Waals surface area contributed by atoms with Gasteiger partial charge >= 0.3 is 0 Å². The summed E-state index contributed by atoms with van der Waals surface area (Å²) in [6.45, 7) is 3.56. The van der Waals surface area contributed by atoms with Crippen molar-refractivity contribution in [3.63, 3.8) is 0 Å². The lowest BCUT2D eigenvalue weighted by atomic mass is 10.1. The molecule has 0 spiro atoms. The molecule has 2 aromatic rings. The van der Waals surface area contributed by atoms with Crippen LogP contribution in [0.25, 0.3) is 0 Å². The van der Waals surface area contributed by atoms with Gasteiger partial charge in [0.1, 0.15) is 17.2 Å². The van der Waals surface area contributed by atoms with Gasteiger partial charge in [0.05, 0.1) is 38.7 Å². The maximum atomic E-state index is 13.0. The Morgan fingerprint density at radius 2 is 1.93 bits per heavy atom. The molecule has 162 valence electrons. The number of carbonyl (C=O) groups is 1. The van der Waals surface area contributed by atoms with E-state index in [0.717, 1.165) is 17.4 Å². The number of hydrogen-bond donors (Lipinski definition) is 1. The summed E-state index contributed by atoms with van der Waals surface area (Å²) >= 11 is 0. The lowest BCUT2D eigenvalue weighted by Crippen LogP contribution is -2.50. The number of nitrogens with zero attached hydrogens (tertiary/aromatic N) is 1. The second kappa shape index (κ2) is 8.43. The van der Waals surface area contributed by atoms with Crippen LogP contribution in [0.4, 0.5) is 5.69 Å². The van der Waals surface area contributed by atoms with E-state index in [-0.39, 0.29) is 6.54 Å². The third-order valence-corrected chi connectivity index (χ3v) is 6.09. The van der Waals surface area contributed by atoms with E-state index in [1.54, 1.807) is 44.6 Å². The molecule has 1 amide bonds. The van der Waals surface area contributed by atoms with Crippen molar-refractivity contribution >= 4 is 21.6 Å². The molecule has 0 fully saturated rings. The molecule has 2 atom stereocenters. The first-order valence-electron chi connectivity index (χ1n) is 9.41. The molecule has 0 bridgehead atoms. The van der Waals surface area contributed by atoms with Crippen molar-refractivity contribution in [3.05, 3.63) is 47.5 Å². The van der Waals surface area contributed by atoms with E-state index >= 15 is 0 Å². The molecule has 1 heterocycles. The zero-order chi connectivity index (χ0) is 22.1. The third kappa shape index (κ3) is 4.46. The van der Waals surface area contributed by atoms with Gasteiger partial charge in [-0.15, -0.1) is 0 Å². The van der Waals surface area contributed by atoms with Crippen molar-refractivity contribution < 1.29 is 27.4 Å². The summed E-state index contributed by atoms with van der Waals surface area (Å²) in [4.78, 5) is 13.0. The van der Waals surface area contributed by atoms with Gasteiger partial charge in [0, 0.05) is 5.56 Å². The van der Waals surface area contributed by atoms with Gasteiger partial charge in [0.2, 0.25) is 10.0 Å². The van der Waals surface area contributed by atoms with Gasteiger partial charge in [0.15, 0.2) is 6.10 Å². The fourth-order valence-electron chi connectivity index (χ4n) is 3.37. The molecule has 0 aliphatic carbocycles. The van der Waals surface area contributed by atoms with Gasteiger partial charge in [-0.2, -0.15) is 0 Å². The Bertz CT molecular complexity index is 1050. The van der Waals surface area contributed by atoms with Crippen LogP contribution in [0, 0.1) is 6.92 Å². The number of hydrogen-bond acceptors (Lipinski definition) is 6. The van der Waals surface area contributed by atoms with E-state index in [0.29, 0.717) is 22.9 Å². The molecular formula is C21H26N2O6S. The van der Waals surface area contributed by atoms with E-state index in [9.17, 15) is 13.2 Å². The van der Waals surface area contributed by atoms with E-state index in [1.807, 2.05) is 19.9 Å². The Morgan fingerprint density at radius 3 is 2.57 bits per heavy atom. The molecule has 0 aromatic heterocycles. The van der Waals surface area contributed by atoms with Gasteiger partial charge in [-0.05, 0) is 49.7 Å². The third-order valence-electron chi connectivity index (χ3n) is 4.94. The number of sulfonamides is 1. The van der Waals surface area contributed by atoms with Gasteiger partial charge in [0.25, 0.3) is 5.91 Å². The maximum Gasteiger partial charge on any atom is 0.263 e. The lowest BCUT2D eigenvalue weighted by molar-refractivity contribution is -0.128. The topological polar surface area (TPSA) is 94.2 Å². The zero-order valence-corrected chi connectivity index (χ0v) is 18.4. The van der Waals surface area contributed by atoms with E-state index in [1.165, 1.54) is 4.31 Å². The Labute approximate surface area is 176 Å². The molecule has 1 N–H and O–H groups in total. The molecule has 3 rings (SSSR count). The van der Waals surface area contributed by atoms with Crippen LogP contribution in [0.5, 0.6) is 17.2 Å². The number of ether oxygens (including phenoxy) is 3. The van der Waals surface area contributed by atoms with E-state index < -0.39 is 28.1 Å². The summed E-state index contributed by atoms with van der Waals surface area (Å²) in [6, 6.07) is 10.1. The molecule has 0 saturated carbocycles. The number of benzene rings is 2. The average molecular weight is 435 g/mol. The van der Waals surface area contributed by atoms with Crippen LogP contribution in [0.3, 0.4) is 0 Å². The summed E-state index contributed by atoms with van der Waals surface area (Å²) in [6.07, 6.45) is 0.123. The first-order chi connectivity index (χ1) is 14.1. The zero-order valence-electron chi connectivity index (χ0n) is 17.6. The number of carbonyl (C=O) groups excluding carboxylic acids is 1. The normalized spacial score (nSPS) is 16.8. The summed E-state index contributed by atoms with van der Waals surface area (Å²) in [5, 5.41) is 2.89. The van der Waals surface area contributed by atoms with Crippen molar-refractivity contribution in [2.24, 2.45) is 0 Å². The van der Waals surface area contributed by atoms with E-state index in [2.05, 4.69) is 5.32 Å². The van der Waals surface area contributed by atoms with Crippen LogP contribution in [-0.4, -0.2) is 47.4 Å². The number of amides is 1. The number of aryl methyl sites for hydroxylation is 1. The highest BCUT2D eigenvalue weighted by atomic mass is 32.2. The Morgan fingerprint density at radius 1 is 1.20 bits per heavy atom. The number of anilines is 1. The number of rotatable bonds is 6. The first-order valence-corrected chi connectivity index (χ1v) is 11.3. The Kier molecular flexibility index (Phi) is 6.12. The molecule has 0 saturated heterocycles. The molecular weight excluding hydrogens is 408 g/mol. The number of fused-ring (bicyclic) bond motifs is 1. The van der Waals surface area contributed by atoms with Crippen LogP contribution in [-0.2, 0) is 14.8 Å². The molecule has 8 nitrogen and oxygen atoms in total. The SMILES string of the molecule is COc1ccc(OC)c([C@H](C)NC(=O)[C@H]2CN(S(C)(=O)=O)c3cc(C)ccc3O2)c1. The van der Waals surface area contributed by atoms with Crippen molar-refractivity contribution in [3.8, 4) is 17.2 Å². The molecule has 9 heteroatoms. The molecule has 0 radical (unpaired) electrons. The average Bonchev–Trinajstić information content (AvgIpc) is 2.71. The van der Waals surface area contributed by atoms with Crippen molar-refractivity contribution in [1.29, 1.82) is 0 Å². The fraction of sp³-hybridized carbons (Fsp3) is 0.381. The lowest BCUT2D eigenvalue weighted by Gasteiger charge is -2.34. The smallest absolute Gasteiger partial charge is 0.263 e. The highest BCUT2D eigenvalue weighted by molar-refractivity contribution is 7.92. The van der Waals surface area contributed by atoms with Gasteiger partial charge in [-0.1, -0.05) is 6.07 Å². The Hall–Kier alpha value is -2.94. The molecule has 30 heavy (non-hydrogen) atoms. The predicted molar refractivity (Wildman–Crippen MR) is 114 cm³/mol. The van der Waals surface area contributed by atoms with Crippen LogP contribution in [0.2, 0.25) is 0 Å². The minimum atomic E-state index is -3.59. The highest BCUT2D eigenvalue weighted by Crippen LogP contribution is 2.36. The number of methoxy groups -OCH3 is 2. The summed E-state index contributed by atoms with van der Waals surface area (Å²) < 4.78 is 42.4. The standard InChI is InChI=1S/C21H26N2O6S/c1-13-6-8-19-17(10-13)23(30(5,25)26)12-20(29-19)21(24)22-14(2)16-11-15(27-3)7-9-18(16)28-4/h6-11,14,20H,12H2,1-5H3,(H,22,24)/t14-,20+/m0/s1. The molecule has 0 unspecified atom stereocenters. The maximum absolute atomic E-state index is 13.0. The highest BCUT2D eigenvalue weighted by Gasteiger charge is 2.35. The summed E-state index contributed by atoms with van der Waals surface area (Å²) in [7, 11) is -0.478. The summed E-state index contributed by atoms with van der Waals surface area (Å²) in [5.74, 6) is 1.16. The Balaban J connectivity index is 1.85. The van der Waals surface area contributed by atoms with Crippen molar-refractivity contribution in [1.82, 2.24) is 5.32 Å². The largest absolute Gasteiger partial charge is 0.497 e. The minimum absolute atomic E-state index is 0.108. The second-order valence-electron chi connectivity index (χ2n) is 7.21. The molecule has 1 aliphatic heterocycles. The molecule has 1 aliphatic rings. The quantitative estimate of drug-likeness (QED) is 0.750. The number of nitrogens with one attached hydrogen (secondary N) is 1. The van der Waals surface area contributed by atoms with E-state index in [4.69, 9.17) is 14.2 Å². The first kappa shape index (κ1) is 21.8. The van der Waals surface area contributed by atoms with Crippen LogP contribution in [0.1, 0.15) is 24.1 Å². The van der Waals surface area contributed by atoms with Gasteiger partial charge < -0.3 is 19.5 Å². The van der Waals surface area contributed by atoms with Crippen molar-refractivity contribution in [2.75, 3.05) is 31.3 Å². The molecule has 2 aromatic carbocycles. The van der Waals surface area contributed by atoms with Crippen LogP contribution in [0.15, 0.2) is 36.4 Å². The second-order valence-corrected chi connectivity index (χ2v) is 9.12.